The Morgan fingerprint density at radius 2 is 2.00 bits per heavy atom. The molecule has 0 saturated heterocycles. The highest BCUT2D eigenvalue weighted by molar-refractivity contribution is 7.09. The van der Waals surface area contributed by atoms with Crippen LogP contribution in [0.15, 0.2) is 53.9 Å². The molecule has 2 aromatic carbocycles. The Balaban J connectivity index is 1.69. The molecule has 0 radical (unpaired) electrons. The lowest BCUT2D eigenvalue weighted by molar-refractivity contribution is -0.111. The van der Waals surface area contributed by atoms with E-state index in [1.807, 2.05) is 36.6 Å². The van der Waals surface area contributed by atoms with Crippen LogP contribution in [0, 0.1) is 6.92 Å². The van der Waals surface area contributed by atoms with Crippen molar-refractivity contribution in [1.29, 1.82) is 0 Å². The molecule has 0 saturated carbocycles. The quantitative estimate of drug-likeness (QED) is 0.507. The maximum atomic E-state index is 12.4. The number of amides is 2. The molecular weight excluding hydrogens is 434 g/mol. The molecule has 0 fully saturated rings. The van der Waals surface area contributed by atoms with Crippen molar-refractivity contribution in [2.45, 2.75) is 13.5 Å². The fourth-order valence-electron chi connectivity index (χ4n) is 2.73. The van der Waals surface area contributed by atoms with Crippen molar-refractivity contribution < 1.29 is 14.3 Å². The van der Waals surface area contributed by atoms with Crippen LogP contribution in [-0.4, -0.2) is 35.8 Å². The third-order valence-electron chi connectivity index (χ3n) is 4.25. The van der Waals surface area contributed by atoms with Crippen LogP contribution in [0.4, 0.5) is 5.69 Å². The number of hydrogen-bond acceptors (Lipinski definition) is 5. The van der Waals surface area contributed by atoms with Crippen molar-refractivity contribution >= 4 is 46.5 Å². The van der Waals surface area contributed by atoms with Gasteiger partial charge in [-0.05, 0) is 37.3 Å². The van der Waals surface area contributed by atoms with Crippen molar-refractivity contribution in [3.05, 3.63) is 80.8 Å². The molecule has 3 aromatic rings. The number of aromatic nitrogens is 1. The molecule has 0 unspecified atom stereocenters. The van der Waals surface area contributed by atoms with Gasteiger partial charge in [0.05, 0.1) is 21.4 Å². The second kappa shape index (κ2) is 10.2. The van der Waals surface area contributed by atoms with Crippen LogP contribution in [0.25, 0.3) is 6.08 Å². The third kappa shape index (κ3) is 6.16. The Labute approximate surface area is 190 Å². The minimum atomic E-state index is -0.374. The number of carbonyl (C=O) groups excluding carboxylic acids is 2. The molecule has 0 aliphatic heterocycles. The lowest BCUT2D eigenvalue weighted by Crippen LogP contribution is -2.21. The van der Waals surface area contributed by atoms with Crippen LogP contribution in [0.5, 0.6) is 5.75 Å². The van der Waals surface area contributed by atoms with Crippen molar-refractivity contribution in [3.63, 3.8) is 0 Å². The van der Waals surface area contributed by atoms with Crippen molar-refractivity contribution in [2.75, 3.05) is 19.4 Å². The predicted octanol–water partition coefficient (Wildman–Crippen LogP) is 5.04. The topological polar surface area (TPSA) is 71.5 Å². The van der Waals surface area contributed by atoms with E-state index in [2.05, 4.69) is 10.3 Å². The number of hydrogen-bond donors (Lipinski definition) is 1. The number of nitrogens with one attached hydrogen (secondary N) is 1. The van der Waals surface area contributed by atoms with Crippen LogP contribution in [0.3, 0.4) is 0 Å². The Kier molecular flexibility index (Phi) is 7.44. The Morgan fingerprint density at radius 1 is 1.23 bits per heavy atom. The number of nitrogens with zero attached hydrogens (tertiary/aromatic N) is 2. The molecule has 0 aliphatic carbocycles. The SMILES string of the molecule is Cc1nc(COc2ccccc2/C=C/C(=O)Nc2cc(C(=O)N(C)C)ccc2Cl)cs1. The van der Waals surface area contributed by atoms with Gasteiger partial charge < -0.3 is 15.0 Å². The van der Waals surface area contributed by atoms with E-state index in [1.54, 1.807) is 49.7 Å². The Hall–Kier alpha value is -3.16. The number of ether oxygens (including phenoxy) is 1. The number of para-hydroxylation sites is 1. The summed E-state index contributed by atoms with van der Waals surface area (Å²) in [5.41, 5.74) is 2.42. The van der Waals surface area contributed by atoms with Crippen LogP contribution < -0.4 is 10.1 Å². The average molecular weight is 456 g/mol. The van der Waals surface area contributed by atoms with Crippen molar-refractivity contribution in [3.8, 4) is 5.75 Å². The number of anilines is 1. The smallest absolute Gasteiger partial charge is 0.253 e. The fourth-order valence-corrected chi connectivity index (χ4v) is 3.49. The summed E-state index contributed by atoms with van der Waals surface area (Å²) in [7, 11) is 3.32. The first-order valence-corrected chi connectivity index (χ1v) is 10.7. The molecule has 1 heterocycles. The maximum absolute atomic E-state index is 12.4. The molecule has 6 nitrogen and oxygen atoms in total. The van der Waals surface area contributed by atoms with E-state index in [9.17, 15) is 9.59 Å². The van der Waals surface area contributed by atoms with Gasteiger partial charge in [0.2, 0.25) is 5.91 Å². The maximum Gasteiger partial charge on any atom is 0.253 e. The van der Waals surface area contributed by atoms with Crippen LogP contribution in [0.2, 0.25) is 5.02 Å². The molecule has 2 amide bonds. The summed E-state index contributed by atoms with van der Waals surface area (Å²) in [6, 6.07) is 12.2. The first-order chi connectivity index (χ1) is 14.8. The predicted molar refractivity (Wildman–Crippen MR) is 125 cm³/mol. The van der Waals surface area contributed by atoms with Gasteiger partial charge in [0.1, 0.15) is 12.4 Å². The highest BCUT2D eigenvalue weighted by Crippen LogP contribution is 2.24. The second-order valence-corrected chi connectivity index (χ2v) is 8.37. The summed E-state index contributed by atoms with van der Waals surface area (Å²) in [5.74, 6) is 0.0965. The van der Waals surface area contributed by atoms with Crippen molar-refractivity contribution in [2.24, 2.45) is 0 Å². The van der Waals surface area contributed by atoms with E-state index in [4.69, 9.17) is 16.3 Å². The molecule has 0 spiro atoms. The summed E-state index contributed by atoms with van der Waals surface area (Å²) in [6.07, 6.45) is 3.06. The molecule has 0 bridgehead atoms. The van der Waals surface area contributed by atoms with Gasteiger partial charge >= 0.3 is 0 Å². The number of carbonyl (C=O) groups is 2. The summed E-state index contributed by atoms with van der Waals surface area (Å²) in [5, 5.41) is 6.01. The number of benzene rings is 2. The van der Waals surface area contributed by atoms with E-state index in [1.165, 1.54) is 11.0 Å². The van der Waals surface area contributed by atoms with E-state index >= 15 is 0 Å². The molecule has 160 valence electrons. The number of aryl methyl sites for hydroxylation is 1. The van der Waals surface area contributed by atoms with E-state index < -0.39 is 0 Å². The van der Waals surface area contributed by atoms with Gasteiger partial charge in [0.15, 0.2) is 0 Å². The molecule has 8 heteroatoms. The lowest BCUT2D eigenvalue weighted by atomic mass is 10.1. The normalized spacial score (nSPS) is 10.8. The summed E-state index contributed by atoms with van der Waals surface area (Å²) >= 11 is 7.75. The van der Waals surface area contributed by atoms with Gasteiger partial charge in [-0.3, -0.25) is 9.59 Å². The van der Waals surface area contributed by atoms with E-state index in [0.29, 0.717) is 28.6 Å². The fraction of sp³-hybridized carbons (Fsp3) is 0.174. The third-order valence-corrected chi connectivity index (χ3v) is 5.40. The highest BCUT2D eigenvalue weighted by atomic mass is 35.5. The number of halogens is 1. The first kappa shape index (κ1) is 22.5. The minimum absolute atomic E-state index is 0.177. The molecule has 0 atom stereocenters. The number of rotatable bonds is 7. The van der Waals surface area contributed by atoms with Crippen LogP contribution in [0.1, 0.15) is 26.6 Å². The highest BCUT2D eigenvalue weighted by Gasteiger charge is 2.12. The molecular formula is C23H22ClN3O3S. The van der Waals surface area contributed by atoms with Gasteiger partial charge in [-0.25, -0.2) is 4.98 Å². The zero-order valence-electron chi connectivity index (χ0n) is 17.4. The van der Waals surface area contributed by atoms with Crippen LogP contribution >= 0.6 is 22.9 Å². The average Bonchev–Trinajstić information content (AvgIpc) is 3.17. The van der Waals surface area contributed by atoms with Gasteiger partial charge in [-0.1, -0.05) is 29.8 Å². The number of thiazole rings is 1. The molecule has 31 heavy (non-hydrogen) atoms. The minimum Gasteiger partial charge on any atom is -0.487 e. The zero-order valence-corrected chi connectivity index (χ0v) is 19.0. The largest absolute Gasteiger partial charge is 0.487 e. The van der Waals surface area contributed by atoms with Crippen molar-refractivity contribution in [1.82, 2.24) is 9.88 Å². The first-order valence-electron chi connectivity index (χ1n) is 9.46. The van der Waals surface area contributed by atoms with E-state index in [0.717, 1.165) is 16.3 Å². The van der Waals surface area contributed by atoms with Gasteiger partial charge in [0, 0.05) is 36.7 Å². The summed E-state index contributed by atoms with van der Waals surface area (Å²) in [6.45, 7) is 2.30. The molecule has 3 rings (SSSR count). The van der Waals surface area contributed by atoms with Crippen LogP contribution in [-0.2, 0) is 11.4 Å². The lowest BCUT2D eigenvalue weighted by Gasteiger charge is -2.12. The van der Waals surface area contributed by atoms with Gasteiger partial charge in [-0.15, -0.1) is 11.3 Å². The summed E-state index contributed by atoms with van der Waals surface area (Å²) in [4.78, 5) is 30.4. The van der Waals surface area contributed by atoms with E-state index in [-0.39, 0.29) is 11.8 Å². The summed E-state index contributed by atoms with van der Waals surface area (Å²) < 4.78 is 5.87. The Bertz CT molecular complexity index is 1120. The standard InChI is InChI=1S/C23H22ClN3O3S/c1-15-25-18(14-31-15)13-30-21-7-5-4-6-16(21)9-11-22(28)26-20-12-17(8-10-19(20)24)23(29)27(2)3/h4-12,14H,13H2,1-3H3,(H,26,28)/b11-9+. The molecule has 0 aliphatic rings. The molecule has 1 N–H and O–H groups in total. The second-order valence-electron chi connectivity index (χ2n) is 6.90. The Morgan fingerprint density at radius 3 is 2.71 bits per heavy atom. The monoisotopic (exact) mass is 455 g/mol. The van der Waals surface area contributed by atoms with Gasteiger partial charge in [-0.2, -0.15) is 0 Å². The van der Waals surface area contributed by atoms with Gasteiger partial charge in [0.25, 0.3) is 5.91 Å². The zero-order chi connectivity index (χ0) is 22.4. The molecule has 1 aromatic heterocycles.